The summed E-state index contributed by atoms with van der Waals surface area (Å²) in [6, 6.07) is 1.70. The van der Waals surface area contributed by atoms with E-state index in [4.69, 9.17) is 4.52 Å². The third kappa shape index (κ3) is 3.41. The summed E-state index contributed by atoms with van der Waals surface area (Å²) >= 11 is 3.22. The highest BCUT2D eigenvalue weighted by molar-refractivity contribution is 8.00. The quantitative estimate of drug-likeness (QED) is 0.552. The van der Waals surface area contributed by atoms with E-state index < -0.39 is 0 Å². The van der Waals surface area contributed by atoms with Gasteiger partial charge < -0.3 is 9.84 Å². The van der Waals surface area contributed by atoms with Crippen LogP contribution >= 0.6 is 23.1 Å². The Labute approximate surface area is 153 Å². The molecule has 3 heterocycles. The molecule has 3 aromatic rings. The average Bonchev–Trinajstić information content (AvgIpc) is 3.15. The number of hydrogen-bond donors (Lipinski definition) is 1. The molecule has 0 spiro atoms. The predicted molar refractivity (Wildman–Crippen MR) is 99.2 cm³/mol. The van der Waals surface area contributed by atoms with Gasteiger partial charge in [0.2, 0.25) is 5.91 Å². The van der Waals surface area contributed by atoms with Gasteiger partial charge in [-0.15, -0.1) is 11.3 Å². The zero-order chi connectivity index (χ0) is 17.4. The van der Waals surface area contributed by atoms with Crippen LogP contribution < -0.4 is 5.32 Å². The molecule has 0 fully saturated rings. The topological polar surface area (TPSA) is 80.9 Å². The van der Waals surface area contributed by atoms with Gasteiger partial charge in [-0.25, -0.2) is 9.97 Å². The Bertz CT molecular complexity index is 934. The molecule has 0 aliphatic heterocycles. The number of nitrogens with zero attached hydrogens (tertiary/aromatic N) is 3. The van der Waals surface area contributed by atoms with Crippen molar-refractivity contribution in [3.05, 3.63) is 28.6 Å². The number of carbonyl (C=O) groups excluding carboxylic acids is 1. The van der Waals surface area contributed by atoms with Crippen LogP contribution in [0.3, 0.4) is 0 Å². The predicted octanol–water partition coefficient (Wildman–Crippen LogP) is 3.84. The zero-order valence-electron chi connectivity index (χ0n) is 14.0. The lowest BCUT2D eigenvalue weighted by molar-refractivity contribution is -0.113. The van der Waals surface area contributed by atoms with Crippen molar-refractivity contribution >= 4 is 45.0 Å². The summed E-state index contributed by atoms with van der Waals surface area (Å²) in [5.41, 5.74) is 1.38. The Kier molecular flexibility index (Phi) is 4.47. The number of aromatic nitrogens is 3. The van der Waals surface area contributed by atoms with Crippen LogP contribution in [0.1, 0.15) is 29.5 Å². The molecule has 4 rings (SSSR count). The van der Waals surface area contributed by atoms with Gasteiger partial charge in [-0.2, -0.15) is 0 Å². The molecule has 1 N–H and O–H groups in total. The lowest BCUT2D eigenvalue weighted by Gasteiger charge is -2.18. The minimum Gasteiger partial charge on any atom is -0.360 e. The molecule has 1 aliphatic rings. The Hall–Kier alpha value is -1.93. The van der Waals surface area contributed by atoms with E-state index in [0.717, 1.165) is 34.0 Å². The van der Waals surface area contributed by atoms with Crippen molar-refractivity contribution in [3.63, 3.8) is 0 Å². The lowest BCUT2D eigenvalue weighted by atomic mass is 9.89. The van der Waals surface area contributed by atoms with E-state index in [9.17, 15) is 4.79 Å². The van der Waals surface area contributed by atoms with Gasteiger partial charge in [0.05, 0.1) is 5.75 Å². The van der Waals surface area contributed by atoms with Crippen LogP contribution in [-0.4, -0.2) is 26.8 Å². The summed E-state index contributed by atoms with van der Waals surface area (Å²) in [5, 5.41) is 8.55. The molecule has 0 saturated carbocycles. The van der Waals surface area contributed by atoms with Crippen molar-refractivity contribution in [2.75, 3.05) is 11.1 Å². The SMILES string of the molecule is Cc1cc(NC(=O)CSc2ncnc3sc4c(c23)CC[C@@H](C)C4)no1. The minimum absolute atomic E-state index is 0.122. The maximum Gasteiger partial charge on any atom is 0.236 e. The standard InChI is InChI=1S/C17H18N4O2S2/c1-9-3-4-11-12(5-9)25-17-15(11)16(18-8-19-17)24-7-14(22)20-13-6-10(2)23-21-13/h6,8-9H,3-5,7H2,1-2H3,(H,20,21,22)/t9-/m1/s1. The summed E-state index contributed by atoms with van der Waals surface area (Å²) in [7, 11) is 0. The average molecular weight is 374 g/mol. The van der Waals surface area contributed by atoms with E-state index in [1.54, 1.807) is 30.7 Å². The summed E-state index contributed by atoms with van der Waals surface area (Å²) in [6.07, 6.45) is 4.98. The number of aryl methyl sites for hydroxylation is 2. The fraction of sp³-hybridized carbons (Fsp3) is 0.412. The molecule has 0 saturated heterocycles. The number of rotatable bonds is 4. The van der Waals surface area contributed by atoms with Crippen LogP contribution in [0.5, 0.6) is 0 Å². The number of amides is 1. The smallest absolute Gasteiger partial charge is 0.236 e. The zero-order valence-corrected chi connectivity index (χ0v) is 15.7. The second kappa shape index (κ2) is 6.76. The normalized spacial score (nSPS) is 16.8. The van der Waals surface area contributed by atoms with E-state index >= 15 is 0 Å². The summed E-state index contributed by atoms with van der Waals surface area (Å²) in [4.78, 5) is 23.5. The highest BCUT2D eigenvalue weighted by Crippen LogP contribution is 2.40. The van der Waals surface area contributed by atoms with Gasteiger partial charge in [-0.3, -0.25) is 4.79 Å². The molecule has 0 bridgehead atoms. The first-order chi connectivity index (χ1) is 12.1. The Balaban J connectivity index is 1.52. The van der Waals surface area contributed by atoms with E-state index in [0.29, 0.717) is 11.6 Å². The Morgan fingerprint density at radius 3 is 3.16 bits per heavy atom. The molecular formula is C17H18N4O2S2. The van der Waals surface area contributed by atoms with Gasteiger partial charge in [0.1, 0.15) is 21.9 Å². The third-order valence-corrected chi connectivity index (χ3v) is 6.44. The van der Waals surface area contributed by atoms with Gasteiger partial charge in [-0.05, 0) is 37.7 Å². The third-order valence-electron chi connectivity index (χ3n) is 4.29. The number of nitrogens with one attached hydrogen (secondary N) is 1. The Morgan fingerprint density at radius 1 is 1.48 bits per heavy atom. The van der Waals surface area contributed by atoms with Crippen LogP contribution in [0, 0.1) is 12.8 Å². The lowest BCUT2D eigenvalue weighted by Crippen LogP contribution is -2.14. The molecule has 8 heteroatoms. The molecule has 0 unspecified atom stereocenters. The molecule has 1 aliphatic carbocycles. The van der Waals surface area contributed by atoms with Crippen molar-refractivity contribution in [2.45, 2.75) is 38.1 Å². The molecule has 1 amide bonds. The maximum absolute atomic E-state index is 12.1. The maximum atomic E-state index is 12.1. The highest BCUT2D eigenvalue weighted by atomic mass is 32.2. The molecule has 0 aromatic carbocycles. The van der Waals surface area contributed by atoms with E-state index in [1.807, 2.05) is 0 Å². The highest BCUT2D eigenvalue weighted by Gasteiger charge is 2.23. The van der Waals surface area contributed by atoms with Gasteiger partial charge in [0.15, 0.2) is 5.82 Å². The first-order valence-corrected chi connectivity index (χ1v) is 10.0. The monoisotopic (exact) mass is 374 g/mol. The van der Waals surface area contributed by atoms with Crippen LogP contribution in [0.25, 0.3) is 10.2 Å². The minimum atomic E-state index is -0.122. The van der Waals surface area contributed by atoms with Crippen LogP contribution in [0.15, 0.2) is 21.9 Å². The number of hydrogen-bond acceptors (Lipinski definition) is 7. The largest absolute Gasteiger partial charge is 0.360 e. The first-order valence-electron chi connectivity index (χ1n) is 8.21. The Morgan fingerprint density at radius 2 is 2.36 bits per heavy atom. The van der Waals surface area contributed by atoms with Crippen molar-refractivity contribution in [3.8, 4) is 0 Å². The molecule has 25 heavy (non-hydrogen) atoms. The van der Waals surface area contributed by atoms with Crippen LogP contribution in [0.4, 0.5) is 5.82 Å². The fourth-order valence-electron chi connectivity index (χ4n) is 3.09. The van der Waals surface area contributed by atoms with Gasteiger partial charge in [0, 0.05) is 16.3 Å². The van der Waals surface area contributed by atoms with Crippen molar-refractivity contribution in [2.24, 2.45) is 5.92 Å². The second-order valence-corrected chi connectivity index (χ2v) is 8.42. The summed E-state index contributed by atoms with van der Waals surface area (Å²) in [5.74, 6) is 1.99. The molecular weight excluding hydrogens is 356 g/mol. The number of fused-ring (bicyclic) bond motifs is 3. The van der Waals surface area contributed by atoms with Crippen LogP contribution in [0.2, 0.25) is 0 Å². The van der Waals surface area contributed by atoms with E-state index in [2.05, 4.69) is 27.4 Å². The number of anilines is 1. The first kappa shape index (κ1) is 16.5. The molecule has 3 aromatic heterocycles. The number of thioether (sulfide) groups is 1. The van der Waals surface area contributed by atoms with Crippen molar-refractivity contribution < 1.29 is 9.32 Å². The van der Waals surface area contributed by atoms with Gasteiger partial charge >= 0.3 is 0 Å². The summed E-state index contributed by atoms with van der Waals surface area (Å²) in [6.45, 7) is 4.08. The molecule has 6 nitrogen and oxygen atoms in total. The van der Waals surface area contributed by atoms with E-state index in [1.165, 1.54) is 28.6 Å². The number of thiophene rings is 1. The van der Waals surface area contributed by atoms with Crippen LogP contribution in [-0.2, 0) is 17.6 Å². The molecule has 0 radical (unpaired) electrons. The van der Waals surface area contributed by atoms with Gasteiger partial charge in [0.25, 0.3) is 0 Å². The van der Waals surface area contributed by atoms with Crippen molar-refractivity contribution in [1.29, 1.82) is 0 Å². The molecule has 1 atom stereocenters. The fourth-order valence-corrected chi connectivity index (χ4v) is 5.33. The number of carbonyl (C=O) groups is 1. The van der Waals surface area contributed by atoms with E-state index in [-0.39, 0.29) is 11.7 Å². The second-order valence-electron chi connectivity index (χ2n) is 6.37. The van der Waals surface area contributed by atoms with Crippen molar-refractivity contribution in [1.82, 2.24) is 15.1 Å². The van der Waals surface area contributed by atoms with Gasteiger partial charge in [-0.1, -0.05) is 23.8 Å². The molecule has 130 valence electrons. The summed E-state index contributed by atoms with van der Waals surface area (Å²) < 4.78 is 4.96.